The van der Waals surface area contributed by atoms with Crippen molar-refractivity contribution in [3.63, 3.8) is 0 Å². The van der Waals surface area contributed by atoms with Gasteiger partial charge < -0.3 is 4.90 Å². The molecule has 8 nitrogen and oxygen atoms in total. The highest BCUT2D eigenvalue weighted by atomic mass is 16.6. The van der Waals surface area contributed by atoms with Crippen molar-refractivity contribution in [2.24, 2.45) is 0 Å². The molecule has 1 fully saturated rings. The van der Waals surface area contributed by atoms with Gasteiger partial charge in [-0.15, -0.1) is 0 Å². The van der Waals surface area contributed by atoms with Crippen LogP contribution < -0.4 is 5.56 Å². The average molecular weight is 344 g/mol. The van der Waals surface area contributed by atoms with Crippen LogP contribution in [-0.2, 0) is 11.3 Å². The van der Waals surface area contributed by atoms with Gasteiger partial charge in [-0.3, -0.25) is 24.3 Å². The molecular weight excluding hydrogens is 324 g/mol. The molecule has 1 aliphatic rings. The number of aromatic nitrogens is 2. The normalized spacial score (nSPS) is 20.6. The fraction of sp³-hybridized carbons (Fsp3) is 0.471. The molecule has 1 aliphatic heterocycles. The minimum atomic E-state index is -0.557. The predicted molar refractivity (Wildman–Crippen MR) is 92.3 cm³/mol. The van der Waals surface area contributed by atoms with Crippen molar-refractivity contribution in [2.45, 2.75) is 51.7 Å². The molecule has 0 saturated carbocycles. The monoisotopic (exact) mass is 344 g/mol. The fourth-order valence-corrected chi connectivity index (χ4v) is 3.51. The Hall–Kier alpha value is -2.77. The van der Waals surface area contributed by atoms with Crippen LogP contribution >= 0.6 is 0 Å². The van der Waals surface area contributed by atoms with E-state index in [1.165, 1.54) is 29.1 Å². The fourth-order valence-electron chi connectivity index (χ4n) is 3.51. The molecule has 0 N–H and O–H groups in total. The number of benzene rings is 1. The predicted octanol–water partition coefficient (Wildman–Crippen LogP) is 2.09. The molecule has 25 heavy (non-hydrogen) atoms. The van der Waals surface area contributed by atoms with E-state index < -0.39 is 10.5 Å². The van der Waals surface area contributed by atoms with E-state index in [0.29, 0.717) is 5.52 Å². The summed E-state index contributed by atoms with van der Waals surface area (Å²) in [5.41, 5.74) is -0.243. The standard InChI is InChI=1S/C17H20N4O4/c1-11-4-3-5-12(2)20(11)16(22)9-19-10-18-15-7-6-13(21(24)25)8-14(15)17(19)23/h6-8,10-12H,3-5,9H2,1-2H3. The lowest BCUT2D eigenvalue weighted by atomic mass is 9.97. The number of nitrogens with zero attached hydrogens (tertiary/aromatic N) is 4. The molecule has 0 spiro atoms. The number of rotatable bonds is 3. The Morgan fingerprint density at radius 3 is 2.64 bits per heavy atom. The maximum Gasteiger partial charge on any atom is 0.270 e. The third-order valence-electron chi connectivity index (χ3n) is 4.81. The quantitative estimate of drug-likeness (QED) is 0.627. The summed E-state index contributed by atoms with van der Waals surface area (Å²) in [4.78, 5) is 41.6. The summed E-state index contributed by atoms with van der Waals surface area (Å²) < 4.78 is 1.22. The van der Waals surface area contributed by atoms with E-state index in [1.807, 2.05) is 18.7 Å². The second-order valence-electron chi connectivity index (χ2n) is 6.57. The number of amides is 1. The summed E-state index contributed by atoms with van der Waals surface area (Å²) in [5.74, 6) is -0.131. The molecule has 1 aromatic heterocycles. The molecule has 132 valence electrons. The molecule has 0 bridgehead atoms. The van der Waals surface area contributed by atoms with E-state index in [-0.39, 0.29) is 35.6 Å². The first-order valence-corrected chi connectivity index (χ1v) is 8.33. The molecule has 1 saturated heterocycles. The van der Waals surface area contributed by atoms with Crippen molar-refractivity contribution in [1.29, 1.82) is 0 Å². The Balaban J connectivity index is 1.93. The topological polar surface area (TPSA) is 98.3 Å². The van der Waals surface area contributed by atoms with Crippen LogP contribution in [-0.4, -0.2) is 37.4 Å². The lowest BCUT2D eigenvalue weighted by Gasteiger charge is -2.39. The van der Waals surface area contributed by atoms with Crippen molar-refractivity contribution in [1.82, 2.24) is 14.5 Å². The third-order valence-corrected chi connectivity index (χ3v) is 4.81. The Bertz CT molecular complexity index is 882. The molecule has 2 aromatic rings. The molecule has 2 unspecified atom stereocenters. The second kappa shape index (κ2) is 6.62. The van der Waals surface area contributed by atoms with E-state index in [9.17, 15) is 19.7 Å². The van der Waals surface area contributed by atoms with Gasteiger partial charge in [0.25, 0.3) is 11.2 Å². The van der Waals surface area contributed by atoms with Gasteiger partial charge in [-0.25, -0.2) is 4.98 Å². The molecule has 1 amide bonds. The minimum Gasteiger partial charge on any atom is -0.336 e. The number of carbonyl (C=O) groups is 1. The number of non-ortho nitro benzene ring substituents is 1. The molecule has 0 aliphatic carbocycles. The number of hydrogen-bond acceptors (Lipinski definition) is 5. The van der Waals surface area contributed by atoms with Crippen LogP contribution in [0.15, 0.2) is 29.3 Å². The summed E-state index contributed by atoms with van der Waals surface area (Å²) in [5, 5.41) is 11.1. The van der Waals surface area contributed by atoms with E-state index in [2.05, 4.69) is 4.98 Å². The summed E-state index contributed by atoms with van der Waals surface area (Å²) in [7, 11) is 0. The van der Waals surface area contributed by atoms with Crippen LogP contribution in [0, 0.1) is 10.1 Å². The summed E-state index contributed by atoms with van der Waals surface area (Å²) >= 11 is 0. The first-order chi connectivity index (χ1) is 11.9. The first kappa shape index (κ1) is 17.1. The second-order valence-corrected chi connectivity index (χ2v) is 6.57. The highest BCUT2D eigenvalue weighted by Crippen LogP contribution is 2.23. The van der Waals surface area contributed by atoms with E-state index in [1.54, 1.807) is 0 Å². The van der Waals surface area contributed by atoms with Crippen LogP contribution in [0.1, 0.15) is 33.1 Å². The molecule has 0 radical (unpaired) electrons. The van der Waals surface area contributed by atoms with E-state index in [4.69, 9.17) is 0 Å². The van der Waals surface area contributed by atoms with Gasteiger partial charge in [0.05, 0.1) is 22.2 Å². The average Bonchev–Trinajstić information content (AvgIpc) is 2.57. The molecule has 8 heteroatoms. The van der Waals surface area contributed by atoms with Crippen LogP contribution in [0.25, 0.3) is 10.9 Å². The largest absolute Gasteiger partial charge is 0.336 e. The van der Waals surface area contributed by atoms with Crippen molar-refractivity contribution >= 4 is 22.5 Å². The number of nitro groups is 1. The third kappa shape index (κ3) is 3.24. The first-order valence-electron chi connectivity index (χ1n) is 8.33. The van der Waals surface area contributed by atoms with Crippen LogP contribution in [0.3, 0.4) is 0 Å². The maximum absolute atomic E-state index is 12.7. The van der Waals surface area contributed by atoms with E-state index >= 15 is 0 Å². The van der Waals surface area contributed by atoms with Gasteiger partial charge in [0, 0.05) is 24.2 Å². The highest BCUT2D eigenvalue weighted by Gasteiger charge is 2.29. The summed E-state index contributed by atoms with van der Waals surface area (Å²) in [6.07, 6.45) is 4.32. The summed E-state index contributed by atoms with van der Waals surface area (Å²) in [6.45, 7) is 3.91. The Kier molecular flexibility index (Phi) is 4.52. The van der Waals surface area contributed by atoms with Gasteiger partial charge in [-0.1, -0.05) is 0 Å². The van der Waals surface area contributed by atoms with E-state index in [0.717, 1.165) is 19.3 Å². The molecule has 1 aromatic carbocycles. The van der Waals surface area contributed by atoms with Crippen LogP contribution in [0.5, 0.6) is 0 Å². The number of carbonyl (C=O) groups excluding carboxylic acids is 1. The lowest BCUT2D eigenvalue weighted by Crippen LogP contribution is -2.49. The smallest absolute Gasteiger partial charge is 0.270 e. The SMILES string of the molecule is CC1CCCC(C)N1C(=O)Cn1cnc2ccc([N+](=O)[O-])cc2c1=O. The van der Waals surface area contributed by atoms with Crippen LogP contribution in [0.4, 0.5) is 5.69 Å². The van der Waals surface area contributed by atoms with Gasteiger partial charge >= 0.3 is 0 Å². The number of nitro benzene ring substituents is 1. The zero-order valence-corrected chi connectivity index (χ0v) is 14.2. The van der Waals surface area contributed by atoms with Gasteiger partial charge in [0.1, 0.15) is 6.54 Å². The minimum absolute atomic E-state index is 0.112. The Labute approximate surface area is 144 Å². The zero-order valence-electron chi connectivity index (χ0n) is 14.2. The highest BCUT2D eigenvalue weighted by molar-refractivity contribution is 5.81. The van der Waals surface area contributed by atoms with Crippen molar-refractivity contribution in [3.05, 3.63) is 45.0 Å². The molecular formula is C17H20N4O4. The molecule has 3 rings (SSSR count). The summed E-state index contributed by atoms with van der Waals surface area (Å²) in [6, 6.07) is 4.23. The van der Waals surface area contributed by atoms with Crippen molar-refractivity contribution in [3.8, 4) is 0 Å². The van der Waals surface area contributed by atoms with Gasteiger partial charge in [-0.2, -0.15) is 0 Å². The van der Waals surface area contributed by atoms with Crippen LogP contribution in [0.2, 0.25) is 0 Å². The number of hydrogen-bond donors (Lipinski definition) is 0. The maximum atomic E-state index is 12.7. The van der Waals surface area contributed by atoms with Gasteiger partial charge in [0.15, 0.2) is 0 Å². The van der Waals surface area contributed by atoms with Crippen molar-refractivity contribution in [2.75, 3.05) is 0 Å². The number of likely N-dealkylation sites (tertiary alicyclic amines) is 1. The number of piperidine rings is 1. The molecule has 2 heterocycles. The zero-order chi connectivity index (χ0) is 18.1. The van der Waals surface area contributed by atoms with Gasteiger partial charge in [0.2, 0.25) is 5.91 Å². The van der Waals surface area contributed by atoms with Crippen molar-refractivity contribution < 1.29 is 9.72 Å². The van der Waals surface area contributed by atoms with Gasteiger partial charge in [-0.05, 0) is 39.2 Å². The number of fused-ring (bicyclic) bond motifs is 1. The Morgan fingerprint density at radius 1 is 1.32 bits per heavy atom. The lowest BCUT2D eigenvalue weighted by molar-refractivity contribution is -0.384. The Morgan fingerprint density at radius 2 is 2.00 bits per heavy atom. The molecule has 2 atom stereocenters.